The van der Waals surface area contributed by atoms with Crippen LogP contribution in [0.25, 0.3) is 10.9 Å². The van der Waals surface area contributed by atoms with E-state index in [1.54, 1.807) is 17.7 Å². The molecule has 0 unspecified atom stereocenters. The summed E-state index contributed by atoms with van der Waals surface area (Å²) in [6.45, 7) is 2.78. The Morgan fingerprint density at radius 3 is 2.52 bits per heavy atom. The molecule has 1 aromatic heterocycles. The standard InChI is InChI=1S/C18H18N2O/c1-13-7-9-14(10-8-13)12-19-16-11-18(21)20(2)17-6-4-3-5-15(16)17/h3-11,19H,12H2,1-2H3. The maximum Gasteiger partial charge on any atom is 0.252 e. The minimum Gasteiger partial charge on any atom is -0.380 e. The number of aryl methyl sites for hydroxylation is 2. The number of pyridine rings is 1. The van der Waals surface area contributed by atoms with Crippen LogP contribution >= 0.6 is 0 Å². The summed E-state index contributed by atoms with van der Waals surface area (Å²) in [5.74, 6) is 0. The molecule has 0 radical (unpaired) electrons. The average Bonchev–Trinajstić information content (AvgIpc) is 2.51. The van der Waals surface area contributed by atoms with Crippen molar-refractivity contribution in [3.63, 3.8) is 0 Å². The Balaban J connectivity index is 1.95. The average molecular weight is 278 g/mol. The van der Waals surface area contributed by atoms with Crippen molar-refractivity contribution in [3.05, 3.63) is 76.1 Å². The molecule has 3 rings (SSSR count). The first-order chi connectivity index (χ1) is 10.1. The van der Waals surface area contributed by atoms with Gasteiger partial charge in [0.05, 0.1) is 5.52 Å². The van der Waals surface area contributed by atoms with Gasteiger partial charge in [-0.1, -0.05) is 48.0 Å². The number of hydrogen-bond acceptors (Lipinski definition) is 2. The third kappa shape index (κ3) is 2.68. The van der Waals surface area contributed by atoms with Crippen LogP contribution in [-0.2, 0) is 13.6 Å². The number of nitrogens with one attached hydrogen (secondary N) is 1. The highest BCUT2D eigenvalue weighted by Gasteiger charge is 2.05. The number of benzene rings is 2. The molecule has 106 valence electrons. The summed E-state index contributed by atoms with van der Waals surface area (Å²) in [5, 5.41) is 4.44. The summed E-state index contributed by atoms with van der Waals surface area (Å²) in [5.41, 5.74) is 4.27. The Morgan fingerprint density at radius 1 is 1.05 bits per heavy atom. The normalized spacial score (nSPS) is 10.8. The van der Waals surface area contributed by atoms with Crippen molar-refractivity contribution in [2.24, 2.45) is 7.05 Å². The molecule has 0 fully saturated rings. The van der Waals surface area contributed by atoms with Crippen molar-refractivity contribution >= 4 is 16.6 Å². The Morgan fingerprint density at radius 2 is 1.76 bits per heavy atom. The van der Waals surface area contributed by atoms with E-state index in [-0.39, 0.29) is 5.56 Å². The van der Waals surface area contributed by atoms with E-state index < -0.39 is 0 Å². The second kappa shape index (κ2) is 5.44. The largest absolute Gasteiger partial charge is 0.380 e. The maximum atomic E-state index is 12.0. The zero-order chi connectivity index (χ0) is 14.8. The van der Waals surface area contributed by atoms with E-state index in [4.69, 9.17) is 0 Å². The Bertz CT molecular complexity index is 832. The molecule has 0 amide bonds. The molecule has 3 aromatic rings. The van der Waals surface area contributed by atoms with Crippen LogP contribution in [0.5, 0.6) is 0 Å². The molecule has 2 aromatic carbocycles. The molecule has 0 spiro atoms. The molecule has 0 saturated carbocycles. The van der Waals surface area contributed by atoms with E-state index in [1.807, 2.05) is 24.3 Å². The van der Waals surface area contributed by atoms with Gasteiger partial charge >= 0.3 is 0 Å². The summed E-state index contributed by atoms with van der Waals surface area (Å²) in [6, 6.07) is 18.0. The van der Waals surface area contributed by atoms with Crippen molar-refractivity contribution in [3.8, 4) is 0 Å². The van der Waals surface area contributed by atoms with E-state index in [0.717, 1.165) is 16.6 Å². The summed E-state index contributed by atoms with van der Waals surface area (Å²) in [7, 11) is 1.80. The SMILES string of the molecule is Cc1ccc(CNc2cc(=O)n(C)c3ccccc23)cc1. The van der Waals surface area contributed by atoms with E-state index in [9.17, 15) is 4.79 Å². The molecule has 3 heteroatoms. The summed E-state index contributed by atoms with van der Waals surface area (Å²) in [6.07, 6.45) is 0. The van der Waals surface area contributed by atoms with Gasteiger partial charge in [-0.3, -0.25) is 4.79 Å². The molecule has 0 saturated heterocycles. The monoisotopic (exact) mass is 278 g/mol. The van der Waals surface area contributed by atoms with Gasteiger partial charge in [0, 0.05) is 30.7 Å². The van der Waals surface area contributed by atoms with E-state index in [1.165, 1.54) is 11.1 Å². The molecule has 21 heavy (non-hydrogen) atoms. The number of rotatable bonds is 3. The molecule has 0 aliphatic rings. The molecule has 0 aliphatic carbocycles. The molecular formula is C18H18N2O. The first-order valence-electron chi connectivity index (χ1n) is 7.03. The van der Waals surface area contributed by atoms with Gasteiger partial charge in [-0.05, 0) is 18.6 Å². The lowest BCUT2D eigenvalue weighted by atomic mass is 10.1. The molecule has 1 N–H and O–H groups in total. The van der Waals surface area contributed by atoms with Crippen molar-refractivity contribution in [2.45, 2.75) is 13.5 Å². The van der Waals surface area contributed by atoms with E-state index in [2.05, 4.69) is 36.5 Å². The quantitative estimate of drug-likeness (QED) is 0.796. The second-order valence-corrected chi connectivity index (χ2v) is 5.31. The van der Waals surface area contributed by atoms with Gasteiger partial charge < -0.3 is 9.88 Å². The van der Waals surface area contributed by atoms with Gasteiger partial charge in [0.1, 0.15) is 0 Å². The van der Waals surface area contributed by atoms with Gasteiger partial charge in [0.15, 0.2) is 0 Å². The highest BCUT2D eigenvalue weighted by molar-refractivity contribution is 5.91. The van der Waals surface area contributed by atoms with Crippen LogP contribution < -0.4 is 10.9 Å². The first-order valence-corrected chi connectivity index (χ1v) is 7.03. The minimum absolute atomic E-state index is 0.0000983. The third-order valence-corrected chi connectivity index (χ3v) is 3.76. The lowest BCUT2D eigenvalue weighted by Crippen LogP contribution is -2.17. The predicted molar refractivity (Wildman–Crippen MR) is 87.7 cm³/mol. The summed E-state index contributed by atoms with van der Waals surface area (Å²) in [4.78, 5) is 12.0. The van der Waals surface area contributed by atoms with Crippen molar-refractivity contribution in [1.29, 1.82) is 0 Å². The van der Waals surface area contributed by atoms with Crippen LogP contribution in [0, 0.1) is 6.92 Å². The zero-order valence-corrected chi connectivity index (χ0v) is 12.3. The van der Waals surface area contributed by atoms with E-state index in [0.29, 0.717) is 6.54 Å². The smallest absolute Gasteiger partial charge is 0.252 e. The summed E-state index contributed by atoms with van der Waals surface area (Å²) < 4.78 is 1.67. The van der Waals surface area contributed by atoms with Crippen LogP contribution in [0.2, 0.25) is 0 Å². The Kier molecular flexibility index (Phi) is 3.48. The summed E-state index contributed by atoms with van der Waals surface area (Å²) >= 11 is 0. The van der Waals surface area contributed by atoms with Crippen LogP contribution in [0.15, 0.2) is 59.4 Å². The number of hydrogen-bond donors (Lipinski definition) is 1. The first kappa shape index (κ1) is 13.4. The molecule has 1 heterocycles. The van der Waals surface area contributed by atoms with Crippen molar-refractivity contribution in [1.82, 2.24) is 4.57 Å². The number of aromatic nitrogens is 1. The highest BCUT2D eigenvalue weighted by atomic mass is 16.1. The molecule has 0 bridgehead atoms. The van der Waals surface area contributed by atoms with Crippen molar-refractivity contribution in [2.75, 3.05) is 5.32 Å². The van der Waals surface area contributed by atoms with Gasteiger partial charge in [-0.15, -0.1) is 0 Å². The molecular weight excluding hydrogens is 260 g/mol. The topological polar surface area (TPSA) is 34.0 Å². The second-order valence-electron chi connectivity index (χ2n) is 5.31. The van der Waals surface area contributed by atoms with Gasteiger partial charge in [-0.25, -0.2) is 0 Å². The number of para-hydroxylation sites is 1. The maximum absolute atomic E-state index is 12.0. The Labute approximate surface area is 123 Å². The number of fused-ring (bicyclic) bond motifs is 1. The van der Waals surface area contributed by atoms with Gasteiger partial charge in [-0.2, -0.15) is 0 Å². The number of anilines is 1. The molecule has 0 aliphatic heterocycles. The fraction of sp³-hybridized carbons (Fsp3) is 0.167. The molecule has 3 nitrogen and oxygen atoms in total. The van der Waals surface area contributed by atoms with E-state index >= 15 is 0 Å². The fourth-order valence-corrected chi connectivity index (χ4v) is 2.46. The van der Waals surface area contributed by atoms with Crippen LogP contribution in [-0.4, -0.2) is 4.57 Å². The molecule has 0 atom stereocenters. The van der Waals surface area contributed by atoms with Gasteiger partial charge in [0.25, 0.3) is 5.56 Å². The van der Waals surface area contributed by atoms with Crippen LogP contribution in [0.1, 0.15) is 11.1 Å². The Hall–Kier alpha value is -2.55. The predicted octanol–water partition coefficient (Wildman–Crippen LogP) is 3.46. The minimum atomic E-state index is 0.0000983. The van der Waals surface area contributed by atoms with Crippen LogP contribution in [0.4, 0.5) is 5.69 Å². The lowest BCUT2D eigenvalue weighted by molar-refractivity contribution is 0.905. The van der Waals surface area contributed by atoms with Gasteiger partial charge in [0.2, 0.25) is 0 Å². The zero-order valence-electron chi connectivity index (χ0n) is 12.3. The fourth-order valence-electron chi connectivity index (χ4n) is 2.46. The third-order valence-electron chi connectivity index (χ3n) is 3.76. The lowest BCUT2D eigenvalue weighted by Gasteiger charge is -2.12. The van der Waals surface area contributed by atoms with Crippen molar-refractivity contribution < 1.29 is 0 Å². The highest BCUT2D eigenvalue weighted by Crippen LogP contribution is 2.21. The number of nitrogens with zero attached hydrogens (tertiary/aromatic N) is 1. The van der Waals surface area contributed by atoms with Crippen LogP contribution in [0.3, 0.4) is 0 Å².